The molecular weight excluding hydrogens is 388 g/mol. The average molecular weight is 408 g/mol. The van der Waals surface area contributed by atoms with Gasteiger partial charge in [-0.15, -0.1) is 0 Å². The topological polar surface area (TPSA) is 154 Å². The number of aliphatic hydroxyl groups excluding tert-OH is 2. The molecule has 0 spiro atoms. The summed E-state index contributed by atoms with van der Waals surface area (Å²) in [4.78, 5) is 20.1. The molecule has 0 aliphatic heterocycles. The van der Waals surface area contributed by atoms with Crippen molar-refractivity contribution >= 4 is 11.4 Å². The van der Waals surface area contributed by atoms with E-state index in [1.165, 1.54) is 48.5 Å². The summed E-state index contributed by atoms with van der Waals surface area (Å²) >= 11 is 0. The third kappa shape index (κ3) is 7.70. The highest BCUT2D eigenvalue weighted by Gasteiger charge is 2.11. The van der Waals surface area contributed by atoms with E-state index in [0.29, 0.717) is 11.5 Å². The summed E-state index contributed by atoms with van der Waals surface area (Å²) in [6.07, 6.45) is -1.93. The van der Waals surface area contributed by atoms with Gasteiger partial charge in [0.25, 0.3) is 11.4 Å². The van der Waals surface area contributed by atoms with E-state index >= 15 is 0 Å². The minimum atomic E-state index is -0.965. The van der Waals surface area contributed by atoms with Gasteiger partial charge in [0.15, 0.2) is 0 Å². The number of ether oxygens (including phenoxy) is 3. The Balaban J connectivity index is 1.61. The lowest BCUT2D eigenvalue weighted by molar-refractivity contribution is -0.385. The van der Waals surface area contributed by atoms with Gasteiger partial charge in [-0.3, -0.25) is 20.2 Å². The van der Waals surface area contributed by atoms with Crippen LogP contribution in [-0.2, 0) is 4.74 Å². The smallest absolute Gasteiger partial charge is 0.269 e. The van der Waals surface area contributed by atoms with Gasteiger partial charge >= 0.3 is 0 Å². The zero-order chi connectivity index (χ0) is 21.2. The third-order valence-corrected chi connectivity index (χ3v) is 3.60. The fourth-order valence-corrected chi connectivity index (χ4v) is 2.15. The van der Waals surface area contributed by atoms with Crippen LogP contribution in [0.2, 0.25) is 0 Å². The maximum Gasteiger partial charge on any atom is 0.269 e. The lowest BCUT2D eigenvalue weighted by Gasteiger charge is -2.15. The molecule has 2 unspecified atom stereocenters. The average Bonchev–Trinajstić information content (AvgIpc) is 2.71. The molecule has 0 aliphatic carbocycles. The SMILES string of the molecule is O=[N+]([O-])c1ccc(OCC(O)COCC(O)COc2ccc([N+](=O)[O-])cc2)cc1. The second-order valence-electron chi connectivity index (χ2n) is 5.97. The third-order valence-electron chi connectivity index (χ3n) is 3.60. The van der Waals surface area contributed by atoms with E-state index < -0.39 is 22.1 Å². The van der Waals surface area contributed by atoms with Gasteiger partial charge in [-0.2, -0.15) is 0 Å². The van der Waals surface area contributed by atoms with Gasteiger partial charge < -0.3 is 24.4 Å². The molecular formula is C18H20N2O9. The van der Waals surface area contributed by atoms with Crippen molar-refractivity contribution in [2.75, 3.05) is 26.4 Å². The predicted molar refractivity (Wildman–Crippen MR) is 100 cm³/mol. The summed E-state index contributed by atoms with van der Waals surface area (Å²) in [6.45, 7) is -0.371. The molecule has 0 amide bonds. The van der Waals surface area contributed by atoms with Gasteiger partial charge in [0.1, 0.15) is 36.9 Å². The van der Waals surface area contributed by atoms with Crippen molar-refractivity contribution in [1.29, 1.82) is 0 Å². The first-order valence-corrected chi connectivity index (χ1v) is 8.53. The van der Waals surface area contributed by atoms with Crippen LogP contribution in [0.5, 0.6) is 11.5 Å². The Hall–Kier alpha value is -3.28. The van der Waals surface area contributed by atoms with E-state index in [4.69, 9.17) is 14.2 Å². The fourth-order valence-electron chi connectivity index (χ4n) is 2.15. The molecule has 2 rings (SSSR count). The minimum Gasteiger partial charge on any atom is -0.491 e. The number of nitro groups is 2. The summed E-state index contributed by atoms with van der Waals surface area (Å²) in [5.74, 6) is 0.734. The number of nitrogens with zero attached hydrogens (tertiary/aromatic N) is 2. The quantitative estimate of drug-likeness (QED) is 0.394. The zero-order valence-corrected chi connectivity index (χ0v) is 15.2. The molecule has 11 heteroatoms. The summed E-state index contributed by atoms with van der Waals surface area (Å²) in [5, 5.41) is 40.8. The number of aliphatic hydroxyl groups is 2. The summed E-state index contributed by atoms with van der Waals surface area (Å²) in [6, 6.07) is 10.9. The second kappa shape index (κ2) is 10.9. The van der Waals surface area contributed by atoms with Crippen molar-refractivity contribution in [3.63, 3.8) is 0 Å². The lowest BCUT2D eigenvalue weighted by atomic mass is 10.3. The van der Waals surface area contributed by atoms with Crippen molar-refractivity contribution in [3.8, 4) is 11.5 Å². The molecule has 0 aliphatic rings. The Kier molecular flexibility index (Phi) is 8.27. The first-order chi connectivity index (χ1) is 13.8. The monoisotopic (exact) mass is 408 g/mol. The highest BCUT2D eigenvalue weighted by molar-refractivity contribution is 5.36. The molecule has 0 saturated carbocycles. The molecule has 0 aromatic heterocycles. The molecule has 2 atom stereocenters. The highest BCUT2D eigenvalue weighted by Crippen LogP contribution is 2.18. The zero-order valence-electron chi connectivity index (χ0n) is 15.2. The fraction of sp³-hybridized carbons (Fsp3) is 0.333. The van der Waals surface area contributed by atoms with E-state index in [-0.39, 0.29) is 37.8 Å². The molecule has 29 heavy (non-hydrogen) atoms. The van der Waals surface area contributed by atoms with Crippen LogP contribution in [0.3, 0.4) is 0 Å². The van der Waals surface area contributed by atoms with Crippen LogP contribution >= 0.6 is 0 Å². The van der Waals surface area contributed by atoms with Crippen molar-refractivity contribution in [2.45, 2.75) is 12.2 Å². The van der Waals surface area contributed by atoms with Gasteiger partial charge in [0, 0.05) is 24.3 Å². The van der Waals surface area contributed by atoms with Crippen molar-refractivity contribution in [3.05, 3.63) is 68.8 Å². The van der Waals surface area contributed by atoms with Crippen LogP contribution in [0.1, 0.15) is 0 Å². The first-order valence-electron chi connectivity index (χ1n) is 8.53. The summed E-state index contributed by atoms with van der Waals surface area (Å²) in [5.41, 5.74) is -0.127. The molecule has 0 radical (unpaired) electrons. The largest absolute Gasteiger partial charge is 0.491 e. The number of hydrogen-bond acceptors (Lipinski definition) is 9. The van der Waals surface area contributed by atoms with Crippen LogP contribution in [0, 0.1) is 20.2 Å². The Morgan fingerprint density at radius 3 is 1.34 bits per heavy atom. The maximum absolute atomic E-state index is 10.6. The standard InChI is InChI=1S/C18H20N2O9/c21-15(11-28-17-5-1-13(2-6-17)19(23)24)9-27-10-16(22)12-29-18-7-3-14(4-8-18)20(25)26/h1-8,15-16,21-22H,9-12H2. The molecule has 2 aromatic rings. The van der Waals surface area contributed by atoms with Crippen LogP contribution in [-0.4, -0.2) is 58.7 Å². The van der Waals surface area contributed by atoms with Gasteiger partial charge in [-0.25, -0.2) is 0 Å². The maximum atomic E-state index is 10.6. The molecule has 156 valence electrons. The van der Waals surface area contributed by atoms with Crippen molar-refractivity contribution < 1.29 is 34.3 Å². The van der Waals surface area contributed by atoms with Gasteiger partial charge in [-0.1, -0.05) is 0 Å². The van der Waals surface area contributed by atoms with Gasteiger partial charge in [0.05, 0.1) is 23.1 Å². The molecule has 0 saturated heterocycles. The van der Waals surface area contributed by atoms with Crippen LogP contribution in [0.25, 0.3) is 0 Å². The Labute approximate surface area is 165 Å². The molecule has 0 bridgehead atoms. The van der Waals surface area contributed by atoms with Gasteiger partial charge in [0.2, 0.25) is 0 Å². The number of non-ortho nitro benzene ring substituents is 2. The molecule has 0 fully saturated rings. The Morgan fingerprint density at radius 1 is 0.690 bits per heavy atom. The first kappa shape index (κ1) is 22.0. The minimum absolute atomic E-state index is 0.0637. The molecule has 0 heterocycles. The summed E-state index contributed by atoms with van der Waals surface area (Å²) < 4.78 is 15.8. The molecule has 2 aromatic carbocycles. The lowest BCUT2D eigenvalue weighted by Crippen LogP contribution is -2.28. The Bertz CT molecular complexity index is 728. The summed E-state index contributed by atoms with van der Waals surface area (Å²) in [7, 11) is 0. The number of benzene rings is 2. The normalized spacial score (nSPS) is 12.8. The van der Waals surface area contributed by atoms with Crippen molar-refractivity contribution in [1.82, 2.24) is 0 Å². The highest BCUT2D eigenvalue weighted by atomic mass is 16.6. The van der Waals surface area contributed by atoms with Crippen LogP contribution in [0.4, 0.5) is 11.4 Å². The van der Waals surface area contributed by atoms with Crippen LogP contribution < -0.4 is 9.47 Å². The Morgan fingerprint density at radius 2 is 1.03 bits per heavy atom. The number of hydrogen-bond donors (Lipinski definition) is 2. The van der Waals surface area contributed by atoms with E-state index in [2.05, 4.69) is 0 Å². The van der Waals surface area contributed by atoms with Crippen molar-refractivity contribution in [2.24, 2.45) is 0 Å². The van der Waals surface area contributed by atoms with E-state index in [1.807, 2.05) is 0 Å². The van der Waals surface area contributed by atoms with Gasteiger partial charge in [-0.05, 0) is 24.3 Å². The van der Waals surface area contributed by atoms with Crippen LogP contribution in [0.15, 0.2) is 48.5 Å². The predicted octanol–water partition coefficient (Wildman–Crippen LogP) is 1.70. The number of nitro benzene ring substituents is 2. The van der Waals surface area contributed by atoms with E-state index in [9.17, 15) is 30.4 Å². The number of rotatable bonds is 12. The van der Waals surface area contributed by atoms with E-state index in [1.54, 1.807) is 0 Å². The molecule has 11 nitrogen and oxygen atoms in total. The van der Waals surface area contributed by atoms with E-state index in [0.717, 1.165) is 0 Å². The second-order valence-corrected chi connectivity index (χ2v) is 5.97. The molecule has 2 N–H and O–H groups in total.